The number of nitrogens with one attached hydrogen (secondary N) is 1. The summed E-state index contributed by atoms with van der Waals surface area (Å²) in [5.41, 5.74) is 0.367. The lowest BCUT2D eigenvalue weighted by Gasteiger charge is -2.07. The molecule has 0 atom stereocenters. The molecule has 0 spiro atoms. The lowest BCUT2D eigenvalue weighted by molar-refractivity contribution is -0.118. The molecule has 0 aliphatic carbocycles. The predicted molar refractivity (Wildman–Crippen MR) is 83.2 cm³/mol. The third-order valence-electron chi connectivity index (χ3n) is 3.04. The number of aromatic nitrogens is 2. The molecule has 1 aromatic heterocycles. The molecular formula is C14H11ClN4O2S. The topological polar surface area (TPSA) is 79.9 Å². The van der Waals surface area contributed by atoms with E-state index >= 15 is 0 Å². The number of halogens is 1. The molecule has 0 saturated carbocycles. The molecule has 3 rings (SSSR count). The van der Waals surface area contributed by atoms with Gasteiger partial charge in [0.05, 0.1) is 5.02 Å². The Hall–Kier alpha value is -2.17. The Labute approximate surface area is 136 Å². The number of hydrogen-bond donors (Lipinski definition) is 1. The average molecular weight is 335 g/mol. The first-order valence-electron chi connectivity index (χ1n) is 6.49. The molecule has 0 saturated heterocycles. The maximum absolute atomic E-state index is 11.9. The minimum Gasteiger partial charge on any atom is -0.482 e. The molecule has 0 unspecified atom stereocenters. The van der Waals surface area contributed by atoms with Crippen molar-refractivity contribution in [2.75, 3.05) is 17.7 Å². The van der Waals surface area contributed by atoms with Gasteiger partial charge in [0, 0.05) is 12.3 Å². The van der Waals surface area contributed by atoms with Crippen molar-refractivity contribution in [2.24, 2.45) is 0 Å². The van der Waals surface area contributed by atoms with Crippen LogP contribution in [0.5, 0.6) is 5.75 Å². The van der Waals surface area contributed by atoms with E-state index in [1.807, 2.05) is 0 Å². The fraction of sp³-hybridized carbons (Fsp3) is 0.214. The van der Waals surface area contributed by atoms with E-state index in [4.69, 9.17) is 16.3 Å². The van der Waals surface area contributed by atoms with E-state index in [1.165, 1.54) is 0 Å². The van der Waals surface area contributed by atoms with E-state index < -0.39 is 5.91 Å². The second kappa shape index (κ2) is 6.30. The second-order valence-electron chi connectivity index (χ2n) is 4.47. The fourth-order valence-electron chi connectivity index (χ4n) is 2.05. The van der Waals surface area contributed by atoms with E-state index in [0.717, 1.165) is 17.5 Å². The molecule has 2 heterocycles. The van der Waals surface area contributed by atoms with Gasteiger partial charge in [-0.1, -0.05) is 35.5 Å². The van der Waals surface area contributed by atoms with E-state index in [2.05, 4.69) is 16.4 Å². The Morgan fingerprint density at radius 3 is 3.14 bits per heavy atom. The van der Waals surface area contributed by atoms with Gasteiger partial charge in [-0.3, -0.25) is 4.79 Å². The van der Waals surface area contributed by atoms with E-state index in [0.29, 0.717) is 16.5 Å². The highest BCUT2D eigenvalue weighted by atomic mass is 35.5. The van der Waals surface area contributed by atoms with Gasteiger partial charge in [-0.2, -0.15) is 5.26 Å². The minimum absolute atomic E-state index is 0.204. The van der Waals surface area contributed by atoms with Crippen LogP contribution < -0.4 is 10.1 Å². The van der Waals surface area contributed by atoms with Gasteiger partial charge in [-0.15, -0.1) is 0 Å². The number of rotatable bonds is 4. The van der Waals surface area contributed by atoms with Crippen molar-refractivity contribution in [1.82, 2.24) is 9.55 Å². The van der Waals surface area contributed by atoms with Crippen LogP contribution >= 0.6 is 23.4 Å². The molecule has 1 aromatic carbocycles. The van der Waals surface area contributed by atoms with Crippen LogP contribution in [0.3, 0.4) is 0 Å². The van der Waals surface area contributed by atoms with Crippen molar-refractivity contribution in [3.8, 4) is 11.8 Å². The molecule has 0 radical (unpaired) electrons. The molecule has 6 nitrogen and oxygen atoms in total. The van der Waals surface area contributed by atoms with Gasteiger partial charge in [0.2, 0.25) is 0 Å². The summed E-state index contributed by atoms with van der Waals surface area (Å²) in [5.74, 6) is 1.21. The number of carbonyl (C=O) groups is 1. The second-order valence-corrected chi connectivity index (χ2v) is 5.94. The van der Waals surface area contributed by atoms with Crippen LogP contribution in [0.1, 0.15) is 5.69 Å². The molecule has 1 aliphatic heterocycles. The zero-order valence-corrected chi connectivity index (χ0v) is 12.9. The summed E-state index contributed by atoms with van der Waals surface area (Å²) >= 11 is 7.51. The molecule has 1 aliphatic rings. The summed E-state index contributed by atoms with van der Waals surface area (Å²) in [6.07, 6.45) is 0. The monoisotopic (exact) mass is 334 g/mol. The van der Waals surface area contributed by atoms with Crippen molar-refractivity contribution < 1.29 is 9.53 Å². The van der Waals surface area contributed by atoms with Crippen molar-refractivity contribution >= 4 is 35.1 Å². The zero-order valence-electron chi connectivity index (χ0n) is 11.4. The molecule has 0 fully saturated rings. The van der Waals surface area contributed by atoms with Crippen LogP contribution in [-0.2, 0) is 11.3 Å². The van der Waals surface area contributed by atoms with E-state index in [-0.39, 0.29) is 12.4 Å². The van der Waals surface area contributed by atoms with Gasteiger partial charge in [0.1, 0.15) is 11.8 Å². The summed E-state index contributed by atoms with van der Waals surface area (Å²) in [5, 5.41) is 13.0. The number of nitriles is 1. The van der Waals surface area contributed by atoms with Gasteiger partial charge in [-0.25, -0.2) is 4.98 Å². The quantitative estimate of drug-likeness (QED) is 0.929. The molecule has 22 heavy (non-hydrogen) atoms. The Morgan fingerprint density at radius 2 is 2.36 bits per heavy atom. The largest absolute Gasteiger partial charge is 0.482 e. The SMILES string of the molecule is N#Cc1c(NC(=O)COc2ccccc2Cl)nc2n1CCS2. The van der Waals surface area contributed by atoms with Gasteiger partial charge >= 0.3 is 0 Å². The number of nitrogens with zero attached hydrogens (tertiary/aromatic N) is 3. The first kappa shape index (κ1) is 14.8. The van der Waals surface area contributed by atoms with Crippen LogP contribution in [0.25, 0.3) is 0 Å². The zero-order chi connectivity index (χ0) is 15.5. The van der Waals surface area contributed by atoms with Crippen LogP contribution in [-0.4, -0.2) is 27.8 Å². The number of imidazole rings is 1. The number of para-hydroxylation sites is 1. The number of anilines is 1. The van der Waals surface area contributed by atoms with Crippen molar-refractivity contribution in [2.45, 2.75) is 11.7 Å². The normalized spacial score (nSPS) is 12.5. The lowest BCUT2D eigenvalue weighted by atomic mass is 10.3. The van der Waals surface area contributed by atoms with Crippen LogP contribution in [0.15, 0.2) is 29.4 Å². The maximum Gasteiger partial charge on any atom is 0.263 e. The minimum atomic E-state index is -0.391. The number of amides is 1. The van der Waals surface area contributed by atoms with Crippen molar-refractivity contribution in [3.63, 3.8) is 0 Å². The molecule has 1 N–H and O–H groups in total. The standard InChI is InChI=1S/C14H11ClN4O2S/c15-9-3-1-2-4-11(9)21-8-12(20)17-13-10(7-16)19-5-6-22-14(19)18-13/h1-4H,5-6,8H2,(H,17,20). The highest BCUT2D eigenvalue weighted by Crippen LogP contribution is 2.30. The van der Waals surface area contributed by atoms with Gasteiger partial charge in [0.15, 0.2) is 23.3 Å². The summed E-state index contributed by atoms with van der Waals surface area (Å²) in [6.45, 7) is 0.520. The van der Waals surface area contributed by atoms with Gasteiger partial charge in [0.25, 0.3) is 5.91 Å². The third-order valence-corrected chi connectivity index (χ3v) is 4.31. The summed E-state index contributed by atoms with van der Waals surface area (Å²) in [6, 6.07) is 8.98. The summed E-state index contributed by atoms with van der Waals surface area (Å²) in [7, 11) is 0. The van der Waals surface area contributed by atoms with Gasteiger partial charge in [-0.05, 0) is 12.1 Å². The van der Waals surface area contributed by atoms with Crippen LogP contribution in [0, 0.1) is 11.3 Å². The molecule has 2 aromatic rings. The third kappa shape index (κ3) is 2.89. The maximum atomic E-state index is 11.9. The lowest BCUT2D eigenvalue weighted by Crippen LogP contribution is -2.21. The number of fused-ring (bicyclic) bond motifs is 1. The highest BCUT2D eigenvalue weighted by molar-refractivity contribution is 7.99. The van der Waals surface area contributed by atoms with Crippen molar-refractivity contribution in [3.05, 3.63) is 35.0 Å². The Balaban J connectivity index is 1.66. The number of benzene rings is 1. The molecule has 0 bridgehead atoms. The fourth-order valence-corrected chi connectivity index (χ4v) is 3.19. The average Bonchev–Trinajstić information content (AvgIpc) is 3.06. The first-order valence-corrected chi connectivity index (χ1v) is 7.86. The summed E-state index contributed by atoms with van der Waals surface area (Å²) < 4.78 is 7.16. The Bertz CT molecular complexity index is 769. The molecular weight excluding hydrogens is 324 g/mol. The number of ether oxygens (including phenoxy) is 1. The summed E-state index contributed by atoms with van der Waals surface area (Å²) in [4.78, 5) is 16.2. The van der Waals surface area contributed by atoms with Crippen LogP contribution in [0.4, 0.5) is 5.82 Å². The molecule has 1 amide bonds. The highest BCUT2D eigenvalue weighted by Gasteiger charge is 2.22. The molecule has 112 valence electrons. The Morgan fingerprint density at radius 1 is 1.55 bits per heavy atom. The smallest absolute Gasteiger partial charge is 0.263 e. The number of thioether (sulfide) groups is 1. The van der Waals surface area contributed by atoms with Crippen LogP contribution in [0.2, 0.25) is 5.02 Å². The predicted octanol–water partition coefficient (Wildman–Crippen LogP) is 2.53. The van der Waals surface area contributed by atoms with Gasteiger partial charge < -0.3 is 14.6 Å². The number of carbonyl (C=O) groups excluding carboxylic acids is 1. The number of hydrogen-bond acceptors (Lipinski definition) is 5. The first-order chi connectivity index (χ1) is 10.7. The van der Waals surface area contributed by atoms with E-state index in [9.17, 15) is 10.1 Å². The Kier molecular flexibility index (Phi) is 4.22. The van der Waals surface area contributed by atoms with Crippen molar-refractivity contribution in [1.29, 1.82) is 5.26 Å². The van der Waals surface area contributed by atoms with E-state index in [1.54, 1.807) is 40.6 Å². The molecule has 8 heteroatoms.